The Bertz CT molecular complexity index is 675. The van der Waals surface area contributed by atoms with Gasteiger partial charge in [0.25, 0.3) is 5.56 Å². The maximum absolute atomic E-state index is 12.1. The van der Waals surface area contributed by atoms with Gasteiger partial charge in [-0.2, -0.15) is 0 Å². The number of nitrogens with zero attached hydrogens (tertiary/aromatic N) is 1. The highest BCUT2D eigenvalue weighted by Gasteiger charge is 2.43. The molecule has 7 nitrogen and oxygen atoms in total. The number of ether oxygens (including phenoxy) is 2. The molecule has 1 fully saturated rings. The fourth-order valence-corrected chi connectivity index (χ4v) is 3.96. The molecule has 2 aliphatic heterocycles. The third-order valence-corrected chi connectivity index (χ3v) is 4.69. The van der Waals surface area contributed by atoms with Crippen LogP contribution in [0, 0.1) is 6.92 Å². The third-order valence-electron chi connectivity index (χ3n) is 3.68. The van der Waals surface area contributed by atoms with E-state index in [2.05, 4.69) is 24.6 Å². The zero-order chi connectivity index (χ0) is 15.4. The summed E-state index contributed by atoms with van der Waals surface area (Å²) >= 11 is 0. The van der Waals surface area contributed by atoms with E-state index >= 15 is 0 Å². The van der Waals surface area contributed by atoms with Crippen molar-refractivity contribution in [2.24, 2.45) is 0 Å². The van der Waals surface area contributed by atoms with Crippen LogP contribution in [0.5, 0.6) is 5.88 Å². The Hall–Kier alpha value is -1.38. The molecular formula is C13H20N2O5Si. The van der Waals surface area contributed by atoms with Crippen LogP contribution in [0.1, 0.15) is 18.2 Å². The Morgan fingerprint density at radius 3 is 2.71 bits per heavy atom. The zero-order valence-electron chi connectivity index (χ0n) is 12.6. The van der Waals surface area contributed by atoms with Crippen LogP contribution in [-0.2, 0) is 9.16 Å². The number of fused-ring (bicyclic) bond motifs is 4. The first-order valence-electron chi connectivity index (χ1n) is 7.08. The van der Waals surface area contributed by atoms with Crippen LogP contribution in [0.25, 0.3) is 0 Å². The second-order valence-corrected chi connectivity index (χ2v) is 11.0. The van der Waals surface area contributed by atoms with E-state index < -0.39 is 25.8 Å². The molecule has 1 aromatic heterocycles. The standard InChI is InChI=1S/C13H20N2O5Si/c1-7-11(16)14-13(17)15-10-5-8(20-21(2,3)4)9(19-10)6-18-12(7)15/h8-10H,5-6H2,1-4H3,(H,14,16,17)/t8-,9-,10-/m1/s1. The summed E-state index contributed by atoms with van der Waals surface area (Å²) < 4.78 is 19.1. The van der Waals surface area contributed by atoms with E-state index in [1.165, 1.54) is 4.57 Å². The SMILES string of the molecule is Cc1c2n(c(=O)[nH]c1=O)[C@H]1C[C@@H](O[Si](C)(C)C)[C@@H](CO2)O1. The summed E-state index contributed by atoms with van der Waals surface area (Å²) in [5.41, 5.74) is -0.521. The number of nitrogens with one attached hydrogen (secondary N) is 1. The van der Waals surface area contributed by atoms with Crippen molar-refractivity contribution >= 4 is 8.32 Å². The molecule has 0 aromatic carbocycles. The van der Waals surface area contributed by atoms with Crippen molar-refractivity contribution in [3.05, 3.63) is 26.4 Å². The van der Waals surface area contributed by atoms with E-state index in [1.807, 2.05) is 0 Å². The Balaban J connectivity index is 1.99. The first-order valence-corrected chi connectivity index (χ1v) is 10.5. The van der Waals surface area contributed by atoms with E-state index in [9.17, 15) is 9.59 Å². The first-order chi connectivity index (χ1) is 9.76. The smallest absolute Gasteiger partial charge is 0.333 e. The van der Waals surface area contributed by atoms with Gasteiger partial charge in [0.2, 0.25) is 5.88 Å². The molecule has 0 radical (unpaired) electrons. The highest BCUT2D eigenvalue weighted by atomic mass is 28.4. The third kappa shape index (κ3) is 2.58. The van der Waals surface area contributed by atoms with Gasteiger partial charge in [0.1, 0.15) is 18.9 Å². The largest absolute Gasteiger partial charge is 0.475 e. The molecule has 0 spiro atoms. The summed E-state index contributed by atoms with van der Waals surface area (Å²) in [5.74, 6) is 0.308. The van der Waals surface area contributed by atoms with Gasteiger partial charge >= 0.3 is 5.69 Å². The molecule has 2 bridgehead atoms. The average Bonchev–Trinajstić information content (AvgIpc) is 2.60. The Morgan fingerprint density at radius 1 is 1.33 bits per heavy atom. The minimum absolute atomic E-state index is 0.0750. The summed E-state index contributed by atoms with van der Waals surface area (Å²) in [6, 6.07) is 0. The minimum Gasteiger partial charge on any atom is -0.475 e. The van der Waals surface area contributed by atoms with Crippen LogP contribution >= 0.6 is 0 Å². The molecule has 2 aliphatic rings. The molecule has 3 heterocycles. The molecule has 1 saturated heterocycles. The van der Waals surface area contributed by atoms with Crippen molar-refractivity contribution in [3.63, 3.8) is 0 Å². The number of aromatic amines is 1. The molecular weight excluding hydrogens is 292 g/mol. The highest BCUT2D eigenvalue weighted by Crippen LogP contribution is 2.36. The van der Waals surface area contributed by atoms with Gasteiger partial charge in [0, 0.05) is 6.42 Å². The first kappa shape index (κ1) is 14.5. The highest BCUT2D eigenvalue weighted by molar-refractivity contribution is 6.69. The number of hydrogen-bond donors (Lipinski definition) is 1. The number of aromatic nitrogens is 2. The van der Waals surface area contributed by atoms with Crippen LogP contribution in [0.3, 0.4) is 0 Å². The number of H-pyrrole nitrogens is 1. The lowest BCUT2D eigenvalue weighted by Gasteiger charge is -2.27. The van der Waals surface area contributed by atoms with Gasteiger partial charge in [-0.3, -0.25) is 9.78 Å². The summed E-state index contributed by atoms with van der Waals surface area (Å²) in [6.45, 7) is 8.28. The molecule has 116 valence electrons. The van der Waals surface area contributed by atoms with Gasteiger partial charge in [-0.25, -0.2) is 9.36 Å². The maximum Gasteiger partial charge on any atom is 0.333 e. The van der Waals surface area contributed by atoms with Gasteiger partial charge in [-0.05, 0) is 26.6 Å². The van der Waals surface area contributed by atoms with Crippen molar-refractivity contribution in [2.45, 2.75) is 51.4 Å². The van der Waals surface area contributed by atoms with E-state index in [1.54, 1.807) is 6.92 Å². The summed E-state index contributed by atoms with van der Waals surface area (Å²) in [7, 11) is -1.70. The van der Waals surface area contributed by atoms with E-state index in [0.717, 1.165) is 0 Å². The monoisotopic (exact) mass is 312 g/mol. The topological polar surface area (TPSA) is 82.6 Å². The molecule has 1 N–H and O–H groups in total. The quantitative estimate of drug-likeness (QED) is 0.815. The normalized spacial score (nSPS) is 27.9. The molecule has 1 aromatic rings. The molecule has 21 heavy (non-hydrogen) atoms. The van der Waals surface area contributed by atoms with E-state index in [-0.39, 0.29) is 18.8 Å². The summed E-state index contributed by atoms with van der Waals surface area (Å²) in [6.07, 6.45) is -0.141. The van der Waals surface area contributed by atoms with Crippen LogP contribution in [0.15, 0.2) is 9.59 Å². The second kappa shape index (κ2) is 4.82. The van der Waals surface area contributed by atoms with Crippen molar-refractivity contribution < 1.29 is 13.9 Å². The van der Waals surface area contributed by atoms with Crippen molar-refractivity contribution in [3.8, 4) is 5.88 Å². The maximum atomic E-state index is 12.1. The molecule has 3 rings (SSSR count). The predicted octanol–water partition coefficient (Wildman–Crippen LogP) is 0.745. The number of hydrogen-bond acceptors (Lipinski definition) is 5. The van der Waals surface area contributed by atoms with Crippen LogP contribution in [-0.4, -0.2) is 36.7 Å². The van der Waals surface area contributed by atoms with Gasteiger partial charge in [0.05, 0.1) is 11.7 Å². The van der Waals surface area contributed by atoms with Crippen molar-refractivity contribution in [1.82, 2.24) is 9.55 Å². The lowest BCUT2D eigenvalue weighted by Crippen LogP contribution is -2.40. The molecule has 8 heteroatoms. The fraction of sp³-hybridized carbons (Fsp3) is 0.692. The van der Waals surface area contributed by atoms with Gasteiger partial charge in [-0.1, -0.05) is 0 Å². The Kier molecular flexibility index (Phi) is 3.34. The van der Waals surface area contributed by atoms with Gasteiger partial charge < -0.3 is 13.9 Å². The molecule has 0 aliphatic carbocycles. The lowest BCUT2D eigenvalue weighted by atomic mass is 10.2. The van der Waals surface area contributed by atoms with E-state index in [0.29, 0.717) is 17.9 Å². The second-order valence-electron chi connectivity index (χ2n) is 6.50. The lowest BCUT2D eigenvalue weighted by molar-refractivity contribution is -0.0182. The predicted molar refractivity (Wildman–Crippen MR) is 78.3 cm³/mol. The Labute approximate surface area is 123 Å². The zero-order valence-corrected chi connectivity index (χ0v) is 13.6. The fourth-order valence-electron chi connectivity index (χ4n) is 2.81. The molecule has 0 saturated carbocycles. The average molecular weight is 312 g/mol. The molecule has 0 unspecified atom stereocenters. The van der Waals surface area contributed by atoms with Gasteiger partial charge in [0.15, 0.2) is 8.32 Å². The number of rotatable bonds is 2. The Morgan fingerprint density at radius 2 is 2.05 bits per heavy atom. The van der Waals surface area contributed by atoms with Crippen LogP contribution in [0.2, 0.25) is 19.6 Å². The van der Waals surface area contributed by atoms with Crippen LogP contribution < -0.4 is 16.0 Å². The van der Waals surface area contributed by atoms with Crippen molar-refractivity contribution in [1.29, 1.82) is 0 Å². The minimum atomic E-state index is -1.70. The molecule has 3 atom stereocenters. The van der Waals surface area contributed by atoms with Gasteiger partial charge in [-0.15, -0.1) is 0 Å². The van der Waals surface area contributed by atoms with E-state index in [4.69, 9.17) is 13.9 Å². The van der Waals surface area contributed by atoms with Crippen molar-refractivity contribution in [2.75, 3.05) is 6.61 Å². The molecule has 0 amide bonds. The van der Waals surface area contributed by atoms with Crippen LogP contribution in [0.4, 0.5) is 0 Å². The summed E-state index contributed by atoms with van der Waals surface area (Å²) in [4.78, 5) is 26.1. The summed E-state index contributed by atoms with van der Waals surface area (Å²) in [5, 5.41) is 0.